The van der Waals surface area contributed by atoms with Crippen molar-refractivity contribution >= 4 is 46.4 Å². The van der Waals surface area contributed by atoms with Gasteiger partial charge < -0.3 is 19.9 Å². The van der Waals surface area contributed by atoms with E-state index in [9.17, 15) is 9.90 Å². The molecular weight excluding hydrogens is 585 g/mol. The highest BCUT2D eigenvalue weighted by molar-refractivity contribution is 6.76. The van der Waals surface area contributed by atoms with Crippen LogP contribution in [0, 0.1) is 0 Å². The van der Waals surface area contributed by atoms with Crippen molar-refractivity contribution < 1.29 is 19.4 Å². The third-order valence-corrected chi connectivity index (χ3v) is 8.00. The molecule has 3 aromatic rings. The number of carbonyl (C=O) groups is 1. The molecule has 0 radical (unpaired) electrons. The van der Waals surface area contributed by atoms with Gasteiger partial charge in [0.15, 0.2) is 6.29 Å². The molecule has 3 aromatic carbocycles. The molecule has 0 saturated carbocycles. The van der Waals surface area contributed by atoms with Crippen LogP contribution in [0.5, 0.6) is 0 Å². The molecular formula is C31H34Cl3N3O4. The van der Waals surface area contributed by atoms with E-state index in [0.29, 0.717) is 5.69 Å². The fourth-order valence-electron chi connectivity index (χ4n) is 5.22. The molecule has 3 atom stereocenters. The van der Waals surface area contributed by atoms with Crippen LogP contribution >= 0.6 is 34.8 Å². The van der Waals surface area contributed by atoms with Crippen LogP contribution in [0.15, 0.2) is 78.9 Å². The summed E-state index contributed by atoms with van der Waals surface area (Å²) in [5, 5.41) is 12.1. The van der Waals surface area contributed by atoms with Gasteiger partial charge in [-0.3, -0.25) is 14.6 Å². The van der Waals surface area contributed by atoms with Crippen molar-refractivity contribution in [2.75, 3.05) is 38.0 Å². The van der Waals surface area contributed by atoms with Crippen LogP contribution in [0.25, 0.3) is 0 Å². The third-order valence-electron chi connectivity index (χ3n) is 7.49. The molecule has 0 bridgehead atoms. The summed E-state index contributed by atoms with van der Waals surface area (Å²) in [4.78, 5) is 17.0. The molecule has 1 amide bonds. The first-order valence-corrected chi connectivity index (χ1v) is 14.9. The first-order chi connectivity index (χ1) is 19.8. The Hall–Kier alpha value is -2.20. The average Bonchev–Trinajstić information content (AvgIpc) is 2.98. The molecule has 0 unspecified atom stereocenters. The van der Waals surface area contributed by atoms with Gasteiger partial charge in [0.2, 0.25) is 0 Å². The summed E-state index contributed by atoms with van der Waals surface area (Å²) in [6.45, 7) is 5.75. The van der Waals surface area contributed by atoms with Crippen LogP contribution in [-0.4, -0.2) is 63.4 Å². The summed E-state index contributed by atoms with van der Waals surface area (Å²) in [6.07, 6.45) is -0.0832. The lowest BCUT2D eigenvalue weighted by Gasteiger charge is -2.40. The zero-order valence-electron chi connectivity index (χ0n) is 22.6. The summed E-state index contributed by atoms with van der Waals surface area (Å²) in [5.41, 5.74) is 4.56. The van der Waals surface area contributed by atoms with Crippen molar-refractivity contribution in [2.24, 2.45) is 0 Å². The number of nitrogens with one attached hydrogen (secondary N) is 1. The second kappa shape index (κ2) is 13.8. The lowest BCUT2D eigenvalue weighted by atomic mass is 9.99. The topological polar surface area (TPSA) is 74.3 Å². The Balaban J connectivity index is 1.25. The van der Waals surface area contributed by atoms with Crippen LogP contribution in [0.4, 0.5) is 5.69 Å². The molecule has 7 nitrogen and oxygen atoms in total. The SMILES string of the molecule is O=C(Nc1ccc([C@H]2O[C@@H](CN3CCN(Cc4ccccc4)CC3)C[C@@H](c3ccc(CO)cc3)O2)cc1)C(Cl)(Cl)Cl. The van der Waals surface area contributed by atoms with Crippen LogP contribution < -0.4 is 5.32 Å². The Labute approximate surface area is 255 Å². The molecule has 5 rings (SSSR count). The number of aliphatic hydroxyl groups is 1. The number of carbonyl (C=O) groups excluding carboxylic acids is 1. The van der Waals surface area contributed by atoms with Gasteiger partial charge in [-0.15, -0.1) is 0 Å². The molecule has 0 aromatic heterocycles. The number of piperazine rings is 1. The largest absolute Gasteiger partial charge is 0.392 e. The van der Waals surface area contributed by atoms with Crippen molar-refractivity contribution in [1.29, 1.82) is 0 Å². The Bertz CT molecular complexity index is 1260. The maximum atomic E-state index is 12.0. The standard InChI is InChI=1S/C31H34Cl3N3O4/c32-31(33,34)30(39)35-26-12-10-25(11-13-26)29-40-27(18-28(41-29)24-8-6-23(21-38)7-9-24)20-37-16-14-36(15-17-37)19-22-4-2-1-3-5-22/h1-13,27-29,38H,14-21H2,(H,35,39)/t27-,28+,29+/m1/s1. The van der Waals surface area contributed by atoms with Gasteiger partial charge in [-0.1, -0.05) is 102 Å². The van der Waals surface area contributed by atoms with Gasteiger partial charge >= 0.3 is 0 Å². The van der Waals surface area contributed by atoms with Crippen molar-refractivity contribution in [3.63, 3.8) is 0 Å². The van der Waals surface area contributed by atoms with Crippen molar-refractivity contribution in [3.05, 3.63) is 101 Å². The van der Waals surface area contributed by atoms with Crippen LogP contribution in [0.1, 0.15) is 41.1 Å². The maximum absolute atomic E-state index is 12.0. The summed E-state index contributed by atoms with van der Waals surface area (Å²) >= 11 is 17.0. The van der Waals surface area contributed by atoms with Crippen molar-refractivity contribution in [3.8, 4) is 0 Å². The van der Waals surface area contributed by atoms with E-state index in [2.05, 4.69) is 45.4 Å². The van der Waals surface area contributed by atoms with E-state index in [-0.39, 0.29) is 18.8 Å². The zero-order valence-corrected chi connectivity index (χ0v) is 24.9. The number of halogens is 3. The van der Waals surface area contributed by atoms with Gasteiger partial charge in [-0.2, -0.15) is 0 Å². The summed E-state index contributed by atoms with van der Waals surface area (Å²) in [6, 6.07) is 25.6. The van der Waals surface area contributed by atoms with Gasteiger partial charge in [0.25, 0.3) is 9.70 Å². The van der Waals surface area contributed by atoms with Gasteiger partial charge in [-0.05, 0) is 28.8 Å². The summed E-state index contributed by atoms with van der Waals surface area (Å²) < 4.78 is 10.9. The molecule has 2 N–H and O–H groups in total. The molecule has 2 saturated heterocycles. The Morgan fingerprint density at radius 1 is 0.829 bits per heavy atom. The third kappa shape index (κ3) is 8.43. The number of amides is 1. The molecule has 218 valence electrons. The number of anilines is 1. The maximum Gasteiger partial charge on any atom is 0.276 e. The van der Waals surface area contributed by atoms with E-state index in [0.717, 1.165) is 62.4 Å². The molecule has 2 aliphatic heterocycles. The summed E-state index contributed by atoms with van der Waals surface area (Å²) in [7, 11) is 0. The highest BCUT2D eigenvalue weighted by Crippen LogP contribution is 2.38. The number of benzene rings is 3. The zero-order chi connectivity index (χ0) is 28.8. The molecule has 41 heavy (non-hydrogen) atoms. The lowest BCUT2D eigenvalue weighted by Crippen LogP contribution is -2.49. The van der Waals surface area contributed by atoms with E-state index >= 15 is 0 Å². The van der Waals surface area contributed by atoms with Crippen molar-refractivity contribution in [2.45, 2.75) is 41.9 Å². The number of aliphatic hydroxyl groups excluding tert-OH is 1. The number of nitrogens with zero attached hydrogens (tertiary/aromatic N) is 2. The van der Waals surface area contributed by atoms with Gasteiger partial charge in [-0.25, -0.2) is 0 Å². The predicted molar refractivity (Wildman–Crippen MR) is 162 cm³/mol. The predicted octanol–water partition coefficient (Wildman–Crippen LogP) is 5.85. The summed E-state index contributed by atoms with van der Waals surface area (Å²) in [5.74, 6) is -0.726. The number of alkyl halides is 3. The minimum Gasteiger partial charge on any atom is -0.392 e. The molecule has 2 heterocycles. The Morgan fingerprint density at radius 3 is 2.10 bits per heavy atom. The highest BCUT2D eigenvalue weighted by Gasteiger charge is 2.34. The second-order valence-corrected chi connectivity index (χ2v) is 12.8. The number of hydrogen-bond acceptors (Lipinski definition) is 6. The van der Waals surface area contributed by atoms with E-state index in [4.69, 9.17) is 44.3 Å². The number of hydrogen-bond donors (Lipinski definition) is 2. The highest BCUT2D eigenvalue weighted by atomic mass is 35.6. The smallest absolute Gasteiger partial charge is 0.276 e. The minimum atomic E-state index is -2.05. The fraction of sp³-hybridized carbons (Fsp3) is 0.387. The monoisotopic (exact) mass is 617 g/mol. The normalized spacial score (nSPS) is 22.4. The first-order valence-electron chi connectivity index (χ1n) is 13.7. The average molecular weight is 619 g/mol. The fourth-order valence-corrected chi connectivity index (χ4v) is 5.36. The van der Waals surface area contributed by atoms with Gasteiger partial charge in [0, 0.05) is 56.9 Å². The molecule has 0 aliphatic carbocycles. The van der Waals surface area contributed by atoms with Crippen LogP contribution in [-0.2, 0) is 27.4 Å². The quantitative estimate of drug-likeness (QED) is 0.309. The van der Waals surface area contributed by atoms with Crippen LogP contribution in [0.2, 0.25) is 0 Å². The van der Waals surface area contributed by atoms with Gasteiger partial charge in [0.1, 0.15) is 0 Å². The Morgan fingerprint density at radius 2 is 1.46 bits per heavy atom. The van der Waals surface area contributed by atoms with E-state index in [1.807, 2.05) is 36.4 Å². The number of rotatable bonds is 8. The van der Waals surface area contributed by atoms with E-state index in [1.54, 1.807) is 12.1 Å². The minimum absolute atomic E-state index is 0.00240. The molecule has 0 spiro atoms. The van der Waals surface area contributed by atoms with Crippen molar-refractivity contribution in [1.82, 2.24) is 9.80 Å². The molecule has 2 aliphatic rings. The second-order valence-electron chi connectivity index (χ2n) is 10.5. The van der Waals surface area contributed by atoms with E-state index < -0.39 is 16.0 Å². The Kier molecular flexibility index (Phi) is 10.2. The number of ether oxygens (including phenoxy) is 2. The molecule has 10 heteroatoms. The van der Waals surface area contributed by atoms with Crippen LogP contribution in [0.3, 0.4) is 0 Å². The first kappa shape index (κ1) is 30.3. The van der Waals surface area contributed by atoms with Gasteiger partial charge in [0.05, 0.1) is 18.8 Å². The van der Waals surface area contributed by atoms with E-state index in [1.165, 1.54) is 5.56 Å². The lowest BCUT2D eigenvalue weighted by molar-refractivity contribution is -0.253. The molecule has 2 fully saturated rings.